The van der Waals surface area contributed by atoms with E-state index >= 15 is 8.78 Å². The standard InChI is InChI=1S/C35H48F2N6O/c1-25(2)42-16-18-43(19-17-42)30-22-31-33-32(23-30)44-20-7-5-4-6-13-41-14-11-28(12-15-41)35(36,37)29-10-8-9-27(21-29)26(3)40-34(31)39-24-38-33/h8-10,21-26,28H,4-7,11-20H2,1-3H3,(H,38,39,40)/t26-/m1/s1. The van der Waals surface area contributed by atoms with Crippen molar-refractivity contribution >= 4 is 22.4 Å². The highest BCUT2D eigenvalue weighted by atomic mass is 19.3. The largest absolute Gasteiger partial charge is 0.491 e. The Morgan fingerprint density at radius 2 is 1.68 bits per heavy atom. The molecule has 3 aromatic rings. The van der Waals surface area contributed by atoms with Crippen molar-refractivity contribution in [3.8, 4) is 5.75 Å². The van der Waals surface area contributed by atoms with Gasteiger partial charge in [0.2, 0.25) is 0 Å². The minimum absolute atomic E-state index is 0.110. The maximum absolute atomic E-state index is 15.9. The number of aromatic nitrogens is 2. The van der Waals surface area contributed by atoms with Crippen molar-refractivity contribution in [1.82, 2.24) is 19.8 Å². The van der Waals surface area contributed by atoms with Gasteiger partial charge in [0.25, 0.3) is 5.92 Å². The van der Waals surface area contributed by atoms with E-state index in [2.05, 4.69) is 56.0 Å². The summed E-state index contributed by atoms with van der Waals surface area (Å²) in [6.45, 7) is 13.5. The van der Waals surface area contributed by atoms with E-state index in [9.17, 15) is 0 Å². The van der Waals surface area contributed by atoms with Gasteiger partial charge in [0.05, 0.1) is 6.61 Å². The highest BCUT2D eigenvalue weighted by molar-refractivity contribution is 5.96. The number of piperidine rings is 1. The number of rotatable bonds is 2. The average molecular weight is 607 g/mol. The van der Waals surface area contributed by atoms with Crippen molar-refractivity contribution in [3.05, 3.63) is 53.9 Å². The third-order valence-electron chi connectivity index (χ3n) is 9.95. The molecule has 1 N–H and O–H groups in total. The first-order chi connectivity index (χ1) is 21.3. The lowest BCUT2D eigenvalue weighted by molar-refractivity contribution is -0.0855. The van der Waals surface area contributed by atoms with Crippen LogP contribution in [-0.4, -0.2) is 78.2 Å². The summed E-state index contributed by atoms with van der Waals surface area (Å²) in [7, 11) is 0. The molecule has 0 saturated carbocycles. The lowest BCUT2D eigenvalue weighted by Gasteiger charge is -2.38. The summed E-state index contributed by atoms with van der Waals surface area (Å²) >= 11 is 0. The van der Waals surface area contributed by atoms with Gasteiger partial charge in [-0.2, -0.15) is 0 Å². The van der Waals surface area contributed by atoms with E-state index in [-0.39, 0.29) is 11.6 Å². The molecule has 0 aliphatic carbocycles. The van der Waals surface area contributed by atoms with Gasteiger partial charge in [-0.05, 0) is 83.8 Å². The average Bonchev–Trinajstić information content (AvgIpc) is 3.04. The van der Waals surface area contributed by atoms with Crippen molar-refractivity contribution in [2.45, 2.75) is 77.3 Å². The van der Waals surface area contributed by atoms with Gasteiger partial charge in [-0.1, -0.05) is 31.0 Å². The van der Waals surface area contributed by atoms with Gasteiger partial charge in [0, 0.05) is 66.9 Å². The number of hydrogen-bond acceptors (Lipinski definition) is 7. The van der Waals surface area contributed by atoms with Crippen molar-refractivity contribution in [2.75, 3.05) is 62.6 Å². The summed E-state index contributed by atoms with van der Waals surface area (Å²) in [6.07, 6.45) is 6.88. The third kappa shape index (κ3) is 6.79. The number of alkyl halides is 2. The van der Waals surface area contributed by atoms with Crippen molar-refractivity contribution in [1.29, 1.82) is 0 Å². The lowest BCUT2D eigenvalue weighted by Crippen LogP contribution is -2.48. The summed E-state index contributed by atoms with van der Waals surface area (Å²) in [4.78, 5) is 16.6. The van der Waals surface area contributed by atoms with Crippen LogP contribution in [0.3, 0.4) is 0 Å². The van der Waals surface area contributed by atoms with E-state index in [0.29, 0.717) is 31.3 Å². The van der Waals surface area contributed by atoms with E-state index in [1.807, 2.05) is 13.0 Å². The molecule has 0 amide bonds. The Bertz CT molecular complexity index is 1400. The molecule has 4 aliphatic heterocycles. The first-order valence-electron chi connectivity index (χ1n) is 16.7. The number of anilines is 2. The molecule has 2 fully saturated rings. The Morgan fingerprint density at radius 1 is 0.909 bits per heavy atom. The van der Waals surface area contributed by atoms with Crippen LogP contribution in [0, 0.1) is 5.92 Å². The second kappa shape index (κ2) is 13.5. The van der Waals surface area contributed by atoms with E-state index in [4.69, 9.17) is 4.74 Å². The smallest absolute Gasteiger partial charge is 0.276 e. The van der Waals surface area contributed by atoms with E-state index in [1.54, 1.807) is 24.5 Å². The molecule has 0 spiro atoms. The zero-order valence-electron chi connectivity index (χ0n) is 26.6. The maximum atomic E-state index is 15.9. The second-order valence-corrected chi connectivity index (χ2v) is 13.2. The summed E-state index contributed by atoms with van der Waals surface area (Å²) in [5.41, 5.74) is 2.80. The SMILES string of the molecule is CC(C)N1CCN(c2cc3c4ncnc(c4c2)N[C@H](C)c2cccc(c2)C(F)(F)C2CCN(CCCCCCO3)CC2)CC1. The zero-order chi connectivity index (χ0) is 30.7. The molecule has 44 heavy (non-hydrogen) atoms. The Kier molecular flexibility index (Phi) is 9.52. The van der Waals surface area contributed by atoms with Gasteiger partial charge < -0.3 is 19.9 Å². The zero-order valence-corrected chi connectivity index (χ0v) is 26.6. The third-order valence-corrected chi connectivity index (χ3v) is 9.95. The number of halogens is 2. The quantitative estimate of drug-likeness (QED) is 0.334. The summed E-state index contributed by atoms with van der Waals surface area (Å²) < 4.78 is 38.2. The van der Waals surface area contributed by atoms with Gasteiger partial charge in [0.15, 0.2) is 0 Å². The van der Waals surface area contributed by atoms with Crippen molar-refractivity contribution < 1.29 is 13.5 Å². The molecular formula is C35H48F2N6O. The highest BCUT2D eigenvalue weighted by Crippen LogP contribution is 2.42. The first kappa shape index (κ1) is 31.0. The predicted molar refractivity (Wildman–Crippen MR) is 174 cm³/mol. The summed E-state index contributed by atoms with van der Waals surface area (Å²) in [5.74, 6) is -2.03. The number of hydrogen-bond donors (Lipinski definition) is 1. The number of ether oxygens (including phenoxy) is 1. The van der Waals surface area contributed by atoms with Crippen LogP contribution in [0.5, 0.6) is 5.75 Å². The normalized spacial score (nSPS) is 25.4. The Labute approximate surface area is 261 Å². The molecule has 8 bridgehead atoms. The topological polar surface area (TPSA) is 56.8 Å². The molecule has 5 heterocycles. The van der Waals surface area contributed by atoms with Crippen LogP contribution >= 0.6 is 0 Å². The highest BCUT2D eigenvalue weighted by Gasteiger charge is 2.42. The van der Waals surface area contributed by atoms with E-state index in [0.717, 1.165) is 99.4 Å². The van der Waals surface area contributed by atoms with Crippen LogP contribution in [0.2, 0.25) is 0 Å². The molecule has 238 valence electrons. The molecule has 2 saturated heterocycles. The van der Waals surface area contributed by atoms with Crippen LogP contribution in [0.25, 0.3) is 10.9 Å². The predicted octanol–water partition coefficient (Wildman–Crippen LogP) is 7.09. The molecule has 4 aliphatic rings. The molecule has 2 aromatic carbocycles. The fourth-order valence-corrected chi connectivity index (χ4v) is 7.06. The number of nitrogens with one attached hydrogen (secondary N) is 1. The fraction of sp³-hybridized carbons (Fsp3) is 0.600. The van der Waals surface area contributed by atoms with Crippen molar-refractivity contribution in [2.24, 2.45) is 5.92 Å². The summed E-state index contributed by atoms with van der Waals surface area (Å²) in [5, 5.41) is 4.43. The Hall–Kier alpha value is -3.04. The van der Waals surface area contributed by atoms with Gasteiger partial charge in [-0.15, -0.1) is 0 Å². The lowest BCUT2D eigenvalue weighted by atomic mass is 9.85. The van der Waals surface area contributed by atoms with Crippen LogP contribution in [0.15, 0.2) is 42.7 Å². The van der Waals surface area contributed by atoms with Crippen LogP contribution in [0.4, 0.5) is 20.3 Å². The molecular weight excluding hydrogens is 558 g/mol. The molecule has 7 nitrogen and oxygen atoms in total. The maximum Gasteiger partial charge on any atom is 0.276 e. The molecule has 1 atom stereocenters. The molecule has 1 aromatic heterocycles. The first-order valence-corrected chi connectivity index (χ1v) is 16.7. The molecule has 7 rings (SSSR count). The number of benzene rings is 2. The van der Waals surface area contributed by atoms with E-state index in [1.165, 1.54) is 0 Å². The van der Waals surface area contributed by atoms with Gasteiger partial charge in [-0.3, -0.25) is 4.90 Å². The Balaban J connectivity index is 1.33. The van der Waals surface area contributed by atoms with Gasteiger partial charge >= 0.3 is 0 Å². The minimum Gasteiger partial charge on any atom is -0.491 e. The minimum atomic E-state index is -2.86. The monoisotopic (exact) mass is 606 g/mol. The number of fused-ring (bicyclic) bond motifs is 9. The summed E-state index contributed by atoms with van der Waals surface area (Å²) in [6, 6.07) is 11.6. The van der Waals surface area contributed by atoms with E-state index < -0.39 is 11.8 Å². The van der Waals surface area contributed by atoms with Gasteiger partial charge in [-0.25, -0.2) is 18.7 Å². The number of piperazine rings is 1. The fourth-order valence-electron chi connectivity index (χ4n) is 7.06. The molecule has 9 heteroatoms. The second-order valence-electron chi connectivity index (χ2n) is 13.2. The van der Waals surface area contributed by atoms with Crippen LogP contribution in [0.1, 0.15) is 76.5 Å². The number of nitrogens with zero attached hydrogens (tertiary/aromatic N) is 5. The van der Waals surface area contributed by atoms with Crippen LogP contribution < -0.4 is 15.0 Å². The van der Waals surface area contributed by atoms with Crippen LogP contribution in [-0.2, 0) is 5.92 Å². The van der Waals surface area contributed by atoms with Crippen molar-refractivity contribution in [3.63, 3.8) is 0 Å². The molecule has 0 unspecified atom stereocenters. The molecule has 0 radical (unpaired) electrons. The Morgan fingerprint density at radius 3 is 2.45 bits per heavy atom. The van der Waals surface area contributed by atoms with Gasteiger partial charge in [0.1, 0.15) is 23.4 Å².